The Balaban J connectivity index is 0.00000220. The molecule has 0 aromatic carbocycles. The normalized spacial score (nSPS) is 26.2. The molecule has 0 saturated carbocycles. The third-order valence-electron chi connectivity index (χ3n) is 4.11. The number of hydrogen-bond donors (Lipinski definition) is 1. The van der Waals surface area contributed by atoms with Crippen LogP contribution in [0, 0.1) is 0 Å². The molecule has 0 aliphatic carbocycles. The highest BCUT2D eigenvalue weighted by atomic mass is 35.5. The number of methoxy groups -OCH3 is 1. The van der Waals surface area contributed by atoms with Gasteiger partial charge in [-0.25, -0.2) is 0 Å². The van der Waals surface area contributed by atoms with Crippen LogP contribution in [-0.2, 0) is 19.7 Å². The minimum Gasteiger partial charge on any atom is -0.469 e. The average molecular weight is 342 g/mol. The van der Waals surface area contributed by atoms with Crippen LogP contribution in [0.5, 0.6) is 0 Å². The van der Waals surface area contributed by atoms with Gasteiger partial charge in [-0.15, -0.1) is 12.4 Å². The van der Waals surface area contributed by atoms with E-state index in [9.17, 15) is 13.2 Å². The fourth-order valence-corrected chi connectivity index (χ4v) is 4.73. The van der Waals surface area contributed by atoms with Gasteiger partial charge in [0.05, 0.1) is 13.5 Å². The van der Waals surface area contributed by atoms with Gasteiger partial charge < -0.3 is 10.1 Å². The number of rotatable bonds is 5. The molecule has 0 radical (unpaired) electrons. The number of carbonyl (C=O) groups is 1. The minimum absolute atomic E-state index is 0. The van der Waals surface area contributed by atoms with Crippen LogP contribution in [0.1, 0.15) is 25.7 Å². The maximum absolute atomic E-state index is 12.7. The first-order valence-electron chi connectivity index (χ1n) is 6.99. The molecule has 0 spiro atoms. The Morgan fingerprint density at radius 2 is 2.00 bits per heavy atom. The highest BCUT2D eigenvalue weighted by Crippen LogP contribution is 2.31. The van der Waals surface area contributed by atoms with Gasteiger partial charge in [-0.2, -0.15) is 17.0 Å². The van der Waals surface area contributed by atoms with E-state index in [1.54, 1.807) is 4.31 Å². The lowest BCUT2D eigenvalue weighted by molar-refractivity contribution is -0.140. The summed E-state index contributed by atoms with van der Waals surface area (Å²) in [6, 6.07) is 0.119. The largest absolute Gasteiger partial charge is 0.469 e. The van der Waals surface area contributed by atoms with Gasteiger partial charge >= 0.3 is 5.97 Å². The van der Waals surface area contributed by atoms with Crippen LogP contribution in [0.2, 0.25) is 0 Å². The highest BCUT2D eigenvalue weighted by molar-refractivity contribution is 7.86. The molecule has 2 fully saturated rings. The molecule has 2 saturated heterocycles. The van der Waals surface area contributed by atoms with E-state index in [-0.39, 0.29) is 37.5 Å². The predicted octanol–water partition coefficient (Wildman–Crippen LogP) is -0.0258. The van der Waals surface area contributed by atoms with E-state index in [1.165, 1.54) is 18.5 Å². The van der Waals surface area contributed by atoms with Crippen molar-refractivity contribution in [1.29, 1.82) is 0 Å². The molecule has 124 valence electrons. The quantitative estimate of drug-likeness (QED) is 0.711. The molecule has 0 aromatic heterocycles. The van der Waals surface area contributed by atoms with Crippen molar-refractivity contribution in [3.8, 4) is 0 Å². The first kappa shape index (κ1) is 18.6. The second-order valence-electron chi connectivity index (χ2n) is 5.36. The van der Waals surface area contributed by atoms with Gasteiger partial charge in [0, 0.05) is 32.2 Å². The summed E-state index contributed by atoms with van der Waals surface area (Å²) < 4.78 is 32.8. The summed E-state index contributed by atoms with van der Waals surface area (Å²) in [6.07, 6.45) is 2.76. The predicted molar refractivity (Wildman–Crippen MR) is 81.6 cm³/mol. The standard InChI is InChI=1S/C12H23N3O4S.ClH/c1-14(8-6-12(16)19-2)20(17,18)15-10-3-4-11(15)9-13-7-5-10;/h10-11,13H,3-9H2,1-2H3;1H. The van der Waals surface area contributed by atoms with Gasteiger partial charge in [0.25, 0.3) is 10.2 Å². The molecule has 7 nitrogen and oxygen atoms in total. The van der Waals surface area contributed by atoms with Crippen LogP contribution < -0.4 is 5.32 Å². The first-order chi connectivity index (χ1) is 9.46. The van der Waals surface area contributed by atoms with Crippen LogP contribution in [0.3, 0.4) is 0 Å². The smallest absolute Gasteiger partial charge is 0.306 e. The summed E-state index contributed by atoms with van der Waals surface area (Å²) in [6.45, 7) is 1.72. The van der Waals surface area contributed by atoms with E-state index in [4.69, 9.17) is 0 Å². The van der Waals surface area contributed by atoms with E-state index in [1.807, 2.05) is 0 Å². The number of halogens is 1. The van der Waals surface area contributed by atoms with Gasteiger partial charge in [-0.3, -0.25) is 4.79 Å². The van der Waals surface area contributed by atoms with Gasteiger partial charge in [0.2, 0.25) is 0 Å². The summed E-state index contributed by atoms with van der Waals surface area (Å²) in [5, 5.41) is 3.28. The van der Waals surface area contributed by atoms with Gasteiger partial charge in [-0.1, -0.05) is 0 Å². The lowest BCUT2D eigenvalue weighted by Gasteiger charge is -2.31. The van der Waals surface area contributed by atoms with Crippen molar-refractivity contribution >= 4 is 28.6 Å². The Morgan fingerprint density at radius 3 is 2.67 bits per heavy atom. The maximum atomic E-state index is 12.7. The molecule has 1 N–H and O–H groups in total. The van der Waals surface area contributed by atoms with Gasteiger partial charge in [-0.05, 0) is 25.8 Å². The van der Waals surface area contributed by atoms with Gasteiger partial charge in [0.1, 0.15) is 0 Å². The van der Waals surface area contributed by atoms with E-state index < -0.39 is 16.2 Å². The van der Waals surface area contributed by atoms with Gasteiger partial charge in [0.15, 0.2) is 0 Å². The molecular weight excluding hydrogens is 318 g/mol. The number of nitrogens with one attached hydrogen (secondary N) is 1. The number of carbonyl (C=O) groups excluding carboxylic acids is 1. The van der Waals surface area contributed by atoms with Crippen LogP contribution in [-0.4, -0.2) is 68.9 Å². The monoisotopic (exact) mass is 341 g/mol. The van der Waals surface area contributed by atoms with Crippen molar-refractivity contribution in [1.82, 2.24) is 13.9 Å². The summed E-state index contributed by atoms with van der Waals surface area (Å²) in [5.41, 5.74) is 0. The van der Waals surface area contributed by atoms with Crippen molar-refractivity contribution in [2.24, 2.45) is 0 Å². The number of nitrogens with zero attached hydrogens (tertiary/aromatic N) is 2. The molecular formula is C12H24ClN3O4S. The molecule has 0 amide bonds. The third-order valence-corrected chi connectivity index (χ3v) is 6.21. The lowest BCUT2D eigenvalue weighted by atomic mass is 10.1. The zero-order valence-corrected chi connectivity index (χ0v) is 14.1. The highest BCUT2D eigenvalue weighted by Gasteiger charge is 2.43. The Morgan fingerprint density at radius 1 is 1.33 bits per heavy atom. The van der Waals surface area contributed by atoms with Crippen molar-refractivity contribution < 1.29 is 17.9 Å². The second kappa shape index (κ2) is 7.73. The SMILES string of the molecule is COC(=O)CCN(C)S(=O)(=O)N1C2CCNCC1CC2.Cl. The molecule has 0 aromatic rings. The van der Waals surface area contributed by atoms with Crippen molar-refractivity contribution in [3.05, 3.63) is 0 Å². The van der Waals surface area contributed by atoms with Crippen LogP contribution >= 0.6 is 12.4 Å². The molecule has 2 rings (SSSR count). The molecule has 2 aliphatic heterocycles. The molecule has 21 heavy (non-hydrogen) atoms. The summed E-state index contributed by atoms with van der Waals surface area (Å²) >= 11 is 0. The average Bonchev–Trinajstić information content (AvgIpc) is 2.69. The fourth-order valence-electron chi connectivity index (χ4n) is 2.94. The number of ether oxygens (including phenoxy) is 1. The molecule has 9 heteroatoms. The van der Waals surface area contributed by atoms with E-state index in [0.717, 1.165) is 25.8 Å². The fraction of sp³-hybridized carbons (Fsp3) is 0.917. The Labute approximate surface area is 132 Å². The zero-order chi connectivity index (χ0) is 14.8. The molecule has 2 heterocycles. The van der Waals surface area contributed by atoms with Crippen LogP contribution in [0.15, 0.2) is 0 Å². The van der Waals surface area contributed by atoms with Crippen molar-refractivity contribution in [3.63, 3.8) is 0 Å². The lowest BCUT2D eigenvalue weighted by Crippen LogP contribution is -2.49. The maximum Gasteiger partial charge on any atom is 0.306 e. The van der Waals surface area contributed by atoms with Crippen LogP contribution in [0.4, 0.5) is 0 Å². The summed E-state index contributed by atoms with van der Waals surface area (Å²) in [4.78, 5) is 11.1. The Bertz CT molecular complexity index is 445. The number of hydrogen-bond acceptors (Lipinski definition) is 5. The van der Waals surface area contributed by atoms with Crippen molar-refractivity contribution in [2.75, 3.05) is 33.8 Å². The molecule has 2 bridgehead atoms. The second-order valence-corrected chi connectivity index (χ2v) is 7.30. The minimum atomic E-state index is -3.51. The van der Waals surface area contributed by atoms with E-state index in [2.05, 4.69) is 10.1 Å². The topological polar surface area (TPSA) is 79.0 Å². The molecule has 2 unspecified atom stereocenters. The van der Waals surface area contributed by atoms with Crippen LogP contribution in [0.25, 0.3) is 0 Å². The van der Waals surface area contributed by atoms with E-state index in [0.29, 0.717) is 6.54 Å². The summed E-state index contributed by atoms with van der Waals surface area (Å²) in [7, 11) is -0.679. The third kappa shape index (κ3) is 4.07. The first-order valence-corrected chi connectivity index (χ1v) is 8.39. The Hall–Kier alpha value is -0.410. The van der Waals surface area contributed by atoms with E-state index >= 15 is 0 Å². The molecule has 2 atom stereocenters. The number of esters is 1. The van der Waals surface area contributed by atoms with Crippen molar-refractivity contribution in [2.45, 2.75) is 37.8 Å². The molecule has 2 aliphatic rings. The summed E-state index contributed by atoms with van der Waals surface area (Å²) in [5.74, 6) is -0.396. The zero-order valence-electron chi connectivity index (χ0n) is 12.4. The number of fused-ring (bicyclic) bond motifs is 2. The Kier molecular flexibility index (Phi) is 6.86.